The standard InChI is InChI=1S/C8H8BNO2/c1-5-7(8(11)12-2)6(9)3-4-10-5/h3-4H,1-2H3. The SMILES string of the molecule is [B]c1ccnc(C)c1C(=O)OC. The fourth-order valence-electron chi connectivity index (χ4n) is 0.954. The summed E-state index contributed by atoms with van der Waals surface area (Å²) in [6.07, 6.45) is 1.55. The number of aromatic nitrogens is 1. The van der Waals surface area contributed by atoms with Crippen LogP contribution in [0.3, 0.4) is 0 Å². The molecule has 3 nitrogen and oxygen atoms in total. The maximum absolute atomic E-state index is 11.1. The number of nitrogens with zero attached hydrogens (tertiary/aromatic N) is 1. The van der Waals surface area contributed by atoms with Gasteiger partial charge in [-0.25, -0.2) is 4.79 Å². The van der Waals surface area contributed by atoms with Crippen LogP contribution in [0, 0.1) is 6.92 Å². The molecule has 12 heavy (non-hydrogen) atoms. The van der Waals surface area contributed by atoms with Gasteiger partial charge in [0.15, 0.2) is 0 Å². The summed E-state index contributed by atoms with van der Waals surface area (Å²) in [5, 5.41) is 0. The number of rotatable bonds is 1. The average Bonchev–Trinajstić information content (AvgIpc) is 2.03. The van der Waals surface area contributed by atoms with Gasteiger partial charge in [-0.1, -0.05) is 11.5 Å². The highest BCUT2D eigenvalue weighted by Crippen LogP contribution is 2.01. The smallest absolute Gasteiger partial charge is 0.339 e. The number of esters is 1. The summed E-state index contributed by atoms with van der Waals surface area (Å²) in [5.74, 6) is -0.446. The van der Waals surface area contributed by atoms with Gasteiger partial charge in [0.2, 0.25) is 0 Å². The maximum atomic E-state index is 11.1. The van der Waals surface area contributed by atoms with Crippen LogP contribution in [0.5, 0.6) is 0 Å². The lowest BCUT2D eigenvalue weighted by Gasteiger charge is -2.05. The third-order valence-corrected chi connectivity index (χ3v) is 1.56. The van der Waals surface area contributed by atoms with Crippen molar-refractivity contribution < 1.29 is 9.53 Å². The molecule has 0 saturated carbocycles. The summed E-state index contributed by atoms with van der Waals surface area (Å²) in [4.78, 5) is 15.0. The van der Waals surface area contributed by atoms with E-state index in [0.717, 1.165) is 0 Å². The Morgan fingerprint density at radius 3 is 2.83 bits per heavy atom. The molecular weight excluding hydrogens is 153 g/mol. The summed E-state index contributed by atoms with van der Waals surface area (Å²) < 4.78 is 4.54. The number of hydrogen-bond acceptors (Lipinski definition) is 3. The Bertz CT molecular complexity index is 292. The van der Waals surface area contributed by atoms with Crippen LogP contribution < -0.4 is 5.46 Å². The van der Waals surface area contributed by atoms with Gasteiger partial charge in [0.25, 0.3) is 0 Å². The second-order valence-electron chi connectivity index (χ2n) is 2.35. The van der Waals surface area contributed by atoms with Crippen molar-refractivity contribution in [2.75, 3.05) is 7.11 Å². The normalized spacial score (nSPS) is 9.50. The van der Waals surface area contributed by atoms with Crippen LogP contribution >= 0.6 is 0 Å². The molecule has 1 aromatic rings. The minimum Gasteiger partial charge on any atom is -0.465 e. The molecule has 0 spiro atoms. The Balaban J connectivity index is 3.21. The van der Waals surface area contributed by atoms with Gasteiger partial charge in [0.1, 0.15) is 7.85 Å². The van der Waals surface area contributed by atoms with Crippen molar-refractivity contribution in [3.63, 3.8) is 0 Å². The molecule has 60 valence electrons. The largest absolute Gasteiger partial charge is 0.465 e. The molecule has 2 radical (unpaired) electrons. The lowest BCUT2D eigenvalue weighted by molar-refractivity contribution is 0.0601. The summed E-state index contributed by atoms with van der Waals surface area (Å²) in [6, 6.07) is 1.57. The highest BCUT2D eigenvalue weighted by molar-refractivity contribution is 6.36. The molecule has 0 saturated heterocycles. The number of ether oxygens (including phenoxy) is 1. The van der Waals surface area contributed by atoms with Crippen LogP contribution in [0.2, 0.25) is 0 Å². The van der Waals surface area contributed by atoms with E-state index in [1.54, 1.807) is 19.2 Å². The van der Waals surface area contributed by atoms with Gasteiger partial charge >= 0.3 is 5.97 Å². The fraction of sp³-hybridized carbons (Fsp3) is 0.250. The molecule has 0 amide bonds. The summed E-state index contributed by atoms with van der Waals surface area (Å²) in [5.41, 5.74) is 1.33. The molecule has 0 aliphatic carbocycles. The zero-order chi connectivity index (χ0) is 9.14. The number of hydrogen-bond donors (Lipinski definition) is 0. The minimum atomic E-state index is -0.446. The Morgan fingerprint density at radius 1 is 1.67 bits per heavy atom. The molecule has 0 unspecified atom stereocenters. The molecule has 0 N–H and O–H groups in total. The van der Waals surface area contributed by atoms with E-state index in [2.05, 4.69) is 9.72 Å². The van der Waals surface area contributed by atoms with Crippen molar-refractivity contribution >= 4 is 19.3 Å². The van der Waals surface area contributed by atoms with Crippen LogP contribution in [0.25, 0.3) is 0 Å². The van der Waals surface area contributed by atoms with Crippen LogP contribution in [-0.2, 0) is 4.74 Å². The highest BCUT2D eigenvalue weighted by atomic mass is 16.5. The molecule has 0 bridgehead atoms. The summed E-state index contributed by atoms with van der Waals surface area (Å²) in [7, 11) is 6.87. The first-order valence-electron chi connectivity index (χ1n) is 3.46. The number of aryl methyl sites for hydroxylation is 1. The minimum absolute atomic E-state index is 0.347. The zero-order valence-corrected chi connectivity index (χ0v) is 7.00. The molecule has 0 fully saturated rings. The lowest BCUT2D eigenvalue weighted by Crippen LogP contribution is -2.19. The molecule has 4 heteroatoms. The first-order valence-corrected chi connectivity index (χ1v) is 3.46. The summed E-state index contributed by atoms with van der Waals surface area (Å²) >= 11 is 0. The summed E-state index contributed by atoms with van der Waals surface area (Å²) in [6.45, 7) is 1.71. The highest BCUT2D eigenvalue weighted by Gasteiger charge is 2.11. The van der Waals surface area contributed by atoms with Crippen LogP contribution in [0.4, 0.5) is 0 Å². The van der Waals surface area contributed by atoms with Crippen LogP contribution in [0.1, 0.15) is 16.1 Å². The average molecular weight is 161 g/mol. The Kier molecular flexibility index (Phi) is 2.48. The van der Waals surface area contributed by atoms with Gasteiger partial charge in [0, 0.05) is 6.20 Å². The van der Waals surface area contributed by atoms with E-state index in [1.807, 2.05) is 0 Å². The van der Waals surface area contributed by atoms with Gasteiger partial charge in [-0.05, 0) is 6.92 Å². The quantitative estimate of drug-likeness (QED) is 0.428. The van der Waals surface area contributed by atoms with Crippen molar-refractivity contribution in [1.29, 1.82) is 0 Å². The van der Waals surface area contributed by atoms with Crippen molar-refractivity contribution in [1.82, 2.24) is 4.98 Å². The number of pyridine rings is 1. The van der Waals surface area contributed by atoms with Crippen molar-refractivity contribution in [3.05, 3.63) is 23.5 Å². The van der Waals surface area contributed by atoms with Crippen LogP contribution in [0.15, 0.2) is 12.3 Å². The van der Waals surface area contributed by atoms with Gasteiger partial charge in [-0.15, -0.1) is 0 Å². The molecule has 1 aromatic heterocycles. The molecule has 0 aliphatic heterocycles. The third kappa shape index (κ3) is 1.47. The van der Waals surface area contributed by atoms with Crippen molar-refractivity contribution in [3.8, 4) is 0 Å². The fourth-order valence-corrected chi connectivity index (χ4v) is 0.954. The first-order chi connectivity index (χ1) is 5.66. The predicted molar refractivity (Wildman–Crippen MR) is 45.7 cm³/mol. The zero-order valence-electron chi connectivity index (χ0n) is 7.00. The van der Waals surface area contributed by atoms with Gasteiger partial charge < -0.3 is 4.74 Å². The second kappa shape index (κ2) is 3.39. The maximum Gasteiger partial charge on any atom is 0.339 e. The van der Waals surface area contributed by atoms with Gasteiger partial charge in [0.05, 0.1) is 18.4 Å². The van der Waals surface area contributed by atoms with Gasteiger partial charge in [-0.2, -0.15) is 0 Å². The van der Waals surface area contributed by atoms with Crippen molar-refractivity contribution in [2.24, 2.45) is 0 Å². The Morgan fingerprint density at radius 2 is 2.33 bits per heavy atom. The Labute approximate surface area is 72.2 Å². The van der Waals surface area contributed by atoms with E-state index >= 15 is 0 Å². The lowest BCUT2D eigenvalue weighted by atomic mass is 9.90. The van der Waals surface area contributed by atoms with E-state index in [9.17, 15) is 4.79 Å². The molecule has 0 atom stereocenters. The Hall–Kier alpha value is -1.32. The molecule has 0 aliphatic rings. The van der Waals surface area contributed by atoms with Crippen molar-refractivity contribution in [2.45, 2.75) is 6.92 Å². The topological polar surface area (TPSA) is 39.2 Å². The van der Waals surface area contributed by atoms with E-state index in [4.69, 9.17) is 7.85 Å². The number of carbonyl (C=O) groups excluding carboxylic acids is 1. The van der Waals surface area contributed by atoms with Gasteiger partial charge in [-0.3, -0.25) is 4.98 Å². The van der Waals surface area contributed by atoms with Crippen LogP contribution in [-0.4, -0.2) is 25.9 Å². The number of methoxy groups -OCH3 is 1. The third-order valence-electron chi connectivity index (χ3n) is 1.56. The second-order valence-corrected chi connectivity index (χ2v) is 2.35. The molecule has 1 rings (SSSR count). The molecule has 0 aromatic carbocycles. The predicted octanol–water partition coefficient (Wildman–Crippen LogP) is -0.0296. The number of carbonyl (C=O) groups is 1. The molecular formula is C8H8BNO2. The van der Waals surface area contributed by atoms with E-state index in [1.165, 1.54) is 7.11 Å². The first kappa shape index (κ1) is 8.78. The van der Waals surface area contributed by atoms with E-state index in [-0.39, 0.29) is 0 Å². The van der Waals surface area contributed by atoms with E-state index in [0.29, 0.717) is 16.7 Å². The monoisotopic (exact) mass is 161 g/mol. The molecule has 1 heterocycles. The van der Waals surface area contributed by atoms with E-state index < -0.39 is 5.97 Å².